The number of benzene rings is 1. The molecular formula is C24H30FNO. The second-order valence-electron chi connectivity index (χ2n) is 8.50. The van der Waals surface area contributed by atoms with Gasteiger partial charge in [-0.2, -0.15) is 0 Å². The summed E-state index contributed by atoms with van der Waals surface area (Å²) < 4.78 is 19.7. The molecular weight excluding hydrogens is 337 g/mol. The summed E-state index contributed by atoms with van der Waals surface area (Å²) >= 11 is 0. The van der Waals surface area contributed by atoms with E-state index >= 15 is 0 Å². The van der Waals surface area contributed by atoms with Gasteiger partial charge in [0.15, 0.2) is 0 Å². The molecule has 2 heterocycles. The summed E-state index contributed by atoms with van der Waals surface area (Å²) in [5.41, 5.74) is 2.55. The average molecular weight is 368 g/mol. The van der Waals surface area contributed by atoms with Crippen LogP contribution in [-0.4, -0.2) is 17.2 Å². The third kappa shape index (κ3) is 4.24. The number of pyridine rings is 1. The summed E-state index contributed by atoms with van der Waals surface area (Å²) in [6.07, 6.45) is 13.4. The van der Waals surface area contributed by atoms with Crippen molar-refractivity contribution in [2.24, 2.45) is 0 Å². The zero-order valence-electron chi connectivity index (χ0n) is 16.1. The highest BCUT2D eigenvalue weighted by molar-refractivity contribution is 5.21. The zero-order valence-corrected chi connectivity index (χ0v) is 16.1. The minimum absolute atomic E-state index is 0.0817. The zero-order chi connectivity index (χ0) is 18.6. The molecule has 1 spiro atoms. The maximum absolute atomic E-state index is 13.4. The number of nitrogens with zero attached hydrogens (tertiary/aromatic N) is 1. The molecule has 0 radical (unpaired) electrons. The molecule has 2 nitrogen and oxygen atoms in total. The van der Waals surface area contributed by atoms with Crippen LogP contribution >= 0.6 is 0 Å². The van der Waals surface area contributed by atoms with E-state index in [1.807, 2.05) is 24.4 Å². The third-order valence-corrected chi connectivity index (χ3v) is 6.63. The fourth-order valence-electron chi connectivity index (χ4n) is 5.28. The highest BCUT2D eigenvalue weighted by Gasteiger charge is 2.48. The molecule has 0 N–H and O–H groups in total. The molecule has 1 saturated heterocycles. The average Bonchev–Trinajstić information content (AvgIpc) is 3.13. The molecule has 2 fully saturated rings. The SMILES string of the molecule is Fc1cccc(CCCCC2(c3ccccn3)CCOC3(CCCC3)C2)c1. The van der Waals surface area contributed by atoms with Crippen LogP contribution in [0, 0.1) is 5.82 Å². The van der Waals surface area contributed by atoms with E-state index in [4.69, 9.17) is 9.72 Å². The summed E-state index contributed by atoms with van der Waals surface area (Å²) in [5.74, 6) is -0.134. The summed E-state index contributed by atoms with van der Waals surface area (Å²) in [6.45, 7) is 0.848. The Labute approximate surface area is 162 Å². The normalized spacial score (nSPS) is 24.3. The van der Waals surface area contributed by atoms with Crippen molar-refractivity contribution in [1.82, 2.24) is 4.98 Å². The summed E-state index contributed by atoms with van der Waals surface area (Å²) in [7, 11) is 0. The van der Waals surface area contributed by atoms with Crippen LogP contribution in [0.4, 0.5) is 4.39 Å². The largest absolute Gasteiger partial charge is 0.375 e. The molecule has 4 rings (SSSR count). The lowest BCUT2D eigenvalue weighted by Gasteiger charge is -2.46. The molecule has 2 aliphatic rings. The van der Waals surface area contributed by atoms with E-state index in [9.17, 15) is 4.39 Å². The number of hydrogen-bond acceptors (Lipinski definition) is 2. The molecule has 2 aromatic rings. The van der Waals surface area contributed by atoms with Crippen LogP contribution in [-0.2, 0) is 16.6 Å². The van der Waals surface area contributed by atoms with Crippen molar-refractivity contribution in [1.29, 1.82) is 0 Å². The van der Waals surface area contributed by atoms with Gasteiger partial charge in [-0.3, -0.25) is 4.98 Å². The molecule has 1 saturated carbocycles. The lowest BCUT2D eigenvalue weighted by Crippen LogP contribution is -2.46. The van der Waals surface area contributed by atoms with Crippen molar-refractivity contribution in [3.63, 3.8) is 0 Å². The predicted octanol–water partition coefficient (Wildman–Crippen LogP) is 5.99. The molecule has 1 atom stereocenters. The number of halogens is 1. The van der Waals surface area contributed by atoms with E-state index in [0.29, 0.717) is 0 Å². The second-order valence-corrected chi connectivity index (χ2v) is 8.50. The molecule has 1 aliphatic heterocycles. The molecule has 0 amide bonds. The maximum Gasteiger partial charge on any atom is 0.123 e. The Kier molecular flexibility index (Phi) is 5.58. The fourth-order valence-corrected chi connectivity index (χ4v) is 5.28. The lowest BCUT2D eigenvalue weighted by molar-refractivity contribution is -0.104. The van der Waals surface area contributed by atoms with E-state index in [1.165, 1.54) is 37.4 Å². The Balaban J connectivity index is 1.45. The van der Waals surface area contributed by atoms with Crippen LogP contribution in [0.25, 0.3) is 0 Å². The van der Waals surface area contributed by atoms with Crippen molar-refractivity contribution < 1.29 is 9.13 Å². The van der Waals surface area contributed by atoms with Crippen LogP contribution in [0.1, 0.15) is 69.0 Å². The Hall–Kier alpha value is -1.74. The molecule has 144 valence electrons. The first-order valence-electron chi connectivity index (χ1n) is 10.5. The molecule has 1 aromatic heterocycles. The highest BCUT2D eigenvalue weighted by Crippen LogP contribution is 2.50. The Bertz CT molecular complexity index is 741. The second kappa shape index (κ2) is 8.10. The summed E-state index contributed by atoms with van der Waals surface area (Å²) in [4.78, 5) is 4.77. The minimum atomic E-state index is -0.134. The number of ether oxygens (including phenoxy) is 1. The van der Waals surface area contributed by atoms with Gasteiger partial charge in [-0.1, -0.05) is 37.5 Å². The quantitative estimate of drug-likeness (QED) is 0.585. The topological polar surface area (TPSA) is 22.1 Å². The Morgan fingerprint density at radius 2 is 1.89 bits per heavy atom. The number of aryl methyl sites for hydroxylation is 1. The van der Waals surface area contributed by atoms with Crippen LogP contribution in [0.2, 0.25) is 0 Å². The monoisotopic (exact) mass is 367 g/mol. The maximum atomic E-state index is 13.4. The number of rotatable bonds is 6. The van der Waals surface area contributed by atoms with E-state index in [0.717, 1.165) is 50.7 Å². The minimum Gasteiger partial charge on any atom is -0.375 e. The van der Waals surface area contributed by atoms with Gasteiger partial charge >= 0.3 is 0 Å². The lowest BCUT2D eigenvalue weighted by atomic mass is 9.67. The van der Waals surface area contributed by atoms with Gasteiger partial charge in [-0.05, 0) is 74.8 Å². The van der Waals surface area contributed by atoms with Crippen molar-refractivity contribution in [3.8, 4) is 0 Å². The number of hydrogen-bond donors (Lipinski definition) is 0. The van der Waals surface area contributed by atoms with Gasteiger partial charge in [0.1, 0.15) is 5.82 Å². The van der Waals surface area contributed by atoms with Crippen LogP contribution in [0.3, 0.4) is 0 Å². The van der Waals surface area contributed by atoms with Crippen LogP contribution in [0.5, 0.6) is 0 Å². The van der Waals surface area contributed by atoms with Crippen molar-refractivity contribution >= 4 is 0 Å². The van der Waals surface area contributed by atoms with Gasteiger partial charge in [-0.25, -0.2) is 4.39 Å². The van der Waals surface area contributed by atoms with E-state index in [2.05, 4.69) is 12.1 Å². The molecule has 1 unspecified atom stereocenters. The van der Waals surface area contributed by atoms with E-state index in [-0.39, 0.29) is 16.8 Å². The predicted molar refractivity (Wildman–Crippen MR) is 106 cm³/mol. The van der Waals surface area contributed by atoms with Gasteiger partial charge in [0.2, 0.25) is 0 Å². The smallest absolute Gasteiger partial charge is 0.123 e. The van der Waals surface area contributed by atoms with Gasteiger partial charge < -0.3 is 4.74 Å². The van der Waals surface area contributed by atoms with Crippen LogP contribution in [0.15, 0.2) is 48.7 Å². The van der Waals surface area contributed by atoms with Crippen molar-refractivity contribution in [2.75, 3.05) is 6.61 Å². The standard InChI is InChI=1S/C24H30FNO/c25-21-10-7-9-20(18-21)8-1-3-12-23(22-11-2-6-16-26-22)15-17-27-24(19-23)13-4-5-14-24/h2,6-7,9-11,16,18H,1,3-5,8,12-15,17,19H2. The molecule has 1 aromatic carbocycles. The third-order valence-electron chi connectivity index (χ3n) is 6.63. The first kappa shape index (κ1) is 18.6. The Morgan fingerprint density at radius 3 is 2.67 bits per heavy atom. The van der Waals surface area contributed by atoms with E-state index < -0.39 is 0 Å². The van der Waals surface area contributed by atoms with Crippen LogP contribution < -0.4 is 0 Å². The fraction of sp³-hybridized carbons (Fsp3) is 0.542. The molecule has 0 bridgehead atoms. The number of unbranched alkanes of at least 4 members (excludes halogenated alkanes) is 1. The van der Waals surface area contributed by atoms with Gasteiger partial charge in [0, 0.05) is 23.9 Å². The first-order chi connectivity index (χ1) is 13.2. The van der Waals surface area contributed by atoms with Crippen molar-refractivity contribution in [3.05, 3.63) is 65.7 Å². The summed E-state index contributed by atoms with van der Waals surface area (Å²) in [5, 5.41) is 0. The van der Waals surface area contributed by atoms with Gasteiger partial charge in [0.05, 0.1) is 5.60 Å². The summed E-state index contributed by atoms with van der Waals surface area (Å²) in [6, 6.07) is 13.3. The first-order valence-corrected chi connectivity index (χ1v) is 10.5. The number of aromatic nitrogens is 1. The van der Waals surface area contributed by atoms with Crippen molar-refractivity contribution in [2.45, 2.75) is 75.2 Å². The molecule has 1 aliphatic carbocycles. The van der Waals surface area contributed by atoms with Gasteiger partial charge in [-0.15, -0.1) is 0 Å². The molecule has 3 heteroatoms. The molecule has 27 heavy (non-hydrogen) atoms. The highest BCUT2D eigenvalue weighted by atomic mass is 19.1. The Morgan fingerprint density at radius 1 is 1.00 bits per heavy atom. The van der Waals surface area contributed by atoms with Gasteiger partial charge in [0.25, 0.3) is 0 Å². The van der Waals surface area contributed by atoms with E-state index in [1.54, 1.807) is 6.07 Å².